The van der Waals surface area contributed by atoms with Crippen LogP contribution in [0.15, 0.2) is 35.9 Å². The van der Waals surface area contributed by atoms with E-state index in [1.807, 2.05) is 19.9 Å². The van der Waals surface area contributed by atoms with Crippen molar-refractivity contribution in [2.75, 3.05) is 6.54 Å². The van der Waals surface area contributed by atoms with Gasteiger partial charge in [0.2, 0.25) is 0 Å². The third-order valence-electron chi connectivity index (χ3n) is 5.04. The van der Waals surface area contributed by atoms with Gasteiger partial charge in [-0.3, -0.25) is 4.79 Å². The van der Waals surface area contributed by atoms with Gasteiger partial charge in [0.05, 0.1) is 0 Å². The molecule has 2 rings (SSSR count). The fraction of sp³-hybridized carbons (Fsp3) is 0.417. The largest absolute Gasteiger partial charge is 0.351 e. The van der Waals surface area contributed by atoms with Crippen molar-refractivity contribution >= 4 is 34.6 Å². The first kappa shape index (κ1) is 23.2. The van der Waals surface area contributed by atoms with E-state index in [9.17, 15) is 10.1 Å². The smallest absolute Gasteiger partial charge is 0.261 e. The van der Waals surface area contributed by atoms with Crippen LogP contribution in [0, 0.1) is 28.7 Å². The van der Waals surface area contributed by atoms with Crippen LogP contribution in [-0.2, 0) is 4.79 Å². The Labute approximate surface area is 188 Å². The molecule has 0 atom stereocenters. The maximum Gasteiger partial charge on any atom is 0.261 e. The Kier molecular flexibility index (Phi) is 9.46. The van der Waals surface area contributed by atoms with E-state index < -0.39 is 0 Å². The number of unbranched alkanes of at least 4 members (excludes halogenated alkanes) is 5. The maximum absolute atomic E-state index is 12.4. The minimum Gasteiger partial charge on any atom is -0.351 e. The molecule has 1 aromatic heterocycles. The molecule has 4 nitrogen and oxygen atoms in total. The molecule has 2 aromatic rings. The molecular formula is C24H30IN3O. The molecule has 0 fully saturated rings. The Bertz CT molecular complexity index is 888. The first-order valence-corrected chi connectivity index (χ1v) is 11.4. The Morgan fingerprint density at radius 2 is 1.79 bits per heavy atom. The van der Waals surface area contributed by atoms with Crippen LogP contribution < -0.4 is 5.32 Å². The zero-order valence-electron chi connectivity index (χ0n) is 17.6. The molecule has 1 amide bonds. The van der Waals surface area contributed by atoms with Gasteiger partial charge in [-0.15, -0.1) is 0 Å². The normalized spacial score (nSPS) is 11.3. The molecule has 0 aliphatic heterocycles. The highest BCUT2D eigenvalue weighted by atomic mass is 127. The Balaban J connectivity index is 2.05. The average Bonchev–Trinajstić information content (AvgIpc) is 2.99. The molecule has 0 spiro atoms. The lowest BCUT2D eigenvalue weighted by Gasteiger charge is -2.09. The van der Waals surface area contributed by atoms with E-state index in [2.05, 4.69) is 69.7 Å². The summed E-state index contributed by atoms with van der Waals surface area (Å²) in [5, 5.41) is 12.4. The molecule has 0 aliphatic carbocycles. The van der Waals surface area contributed by atoms with Gasteiger partial charge in [0, 0.05) is 27.2 Å². The third kappa shape index (κ3) is 6.74. The van der Waals surface area contributed by atoms with Crippen LogP contribution in [-0.4, -0.2) is 17.0 Å². The van der Waals surface area contributed by atoms with E-state index in [-0.39, 0.29) is 11.5 Å². The highest BCUT2D eigenvalue weighted by molar-refractivity contribution is 14.1. The van der Waals surface area contributed by atoms with Crippen molar-refractivity contribution < 1.29 is 4.79 Å². The molecule has 0 saturated heterocycles. The number of aromatic nitrogens is 1. The van der Waals surface area contributed by atoms with Crippen molar-refractivity contribution in [2.24, 2.45) is 0 Å². The number of halogens is 1. The summed E-state index contributed by atoms with van der Waals surface area (Å²) in [5.41, 5.74) is 4.21. The lowest BCUT2D eigenvalue weighted by molar-refractivity contribution is -0.117. The van der Waals surface area contributed by atoms with Gasteiger partial charge in [-0.1, -0.05) is 39.0 Å². The molecule has 0 saturated carbocycles. The zero-order valence-corrected chi connectivity index (χ0v) is 19.8. The molecule has 1 N–H and O–H groups in total. The second-order valence-electron chi connectivity index (χ2n) is 7.33. The van der Waals surface area contributed by atoms with Crippen molar-refractivity contribution in [3.05, 3.63) is 56.4 Å². The van der Waals surface area contributed by atoms with Crippen molar-refractivity contribution in [3.63, 3.8) is 0 Å². The van der Waals surface area contributed by atoms with E-state index in [4.69, 9.17) is 0 Å². The number of carbonyl (C=O) groups is 1. The van der Waals surface area contributed by atoms with Crippen LogP contribution in [0.25, 0.3) is 11.8 Å². The quantitative estimate of drug-likeness (QED) is 0.185. The minimum absolute atomic E-state index is 0.152. The highest BCUT2D eigenvalue weighted by Gasteiger charge is 2.13. The minimum atomic E-state index is -0.292. The number of aryl methyl sites for hydroxylation is 1. The molecule has 1 aromatic carbocycles. The lowest BCUT2D eigenvalue weighted by atomic mass is 10.1. The SMILES string of the molecule is CCCCCCCCNC(=O)/C(C#N)=C/c1cc(C)n(-c2ccc(I)cc2)c1C. The van der Waals surface area contributed by atoms with Crippen LogP contribution in [0.1, 0.15) is 62.4 Å². The predicted molar refractivity (Wildman–Crippen MR) is 128 cm³/mol. The zero-order chi connectivity index (χ0) is 21.2. The van der Waals surface area contributed by atoms with E-state index in [0.29, 0.717) is 6.54 Å². The topological polar surface area (TPSA) is 57.8 Å². The number of hydrogen-bond acceptors (Lipinski definition) is 2. The van der Waals surface area contributed by atoms with Gasteiger partial charge in [-0.05, 0) is 84.8 Å². The summed E-state index contributed by atoms with van der Waals surface area (Å²) in [6.45, 7) is 6.87. The van der Waals surface area contributed by atoms with Crippen LogP contribution in [0.5, 0.6) is 0 Å². The molecule has 0 bridgehead atoms. The van der Waals surface area contributed by atoms with Gasteiger partial charge in [-0.25, -0.2) is 0 Å². The van der Waals surface area contributed by atoms with Crippen LogP contribution >= 0.6 is 22.6 Å². The van der Waals surface area contributed by atoms with Gasteiger partial charge in [0.15, 0.2) is 0 Å². The molecule has 0 aliphatic rings. The lowest BCUT2D eigenvalue weighted by Crippen LogP contribution is -2.25. The van der Waals surface area contributed by atoms with Gasteiger partial charge in [0.1, 0.15) is 11.6 Å². The number of amides is 1. The average molecular weight is 503 g/mol. The van der Waals surface area contributed by atoms with E-state index in [1.54, 1.807) is 6.08 Å². The summed E-state index contributed by atoms with van der Waals surface area (Å²) in [6.07, 6.45) is 8.73. The first-order chi connectivity index (χ1) is 14.0. The maximum atomic E-state index is 12.4. The molecular weight excluding hydrogens is 473 g/mol. The monoisotopic (exact) mass is 503 g/mol. The highest BCUT2D eigenvalue weighted by Crippen LogP contribution is 2.23. The number of benzene rings is 1. The second kappa shape index (κ2) is 11.8. The summed E-state index contributed by atoms with van der Waals surface area (Å²) in [4.78, 5) is 12.4. The Morgan fingerprint density at radius 1 is 1.14 bits per heavy atom. The standard InChI is InChI=1S/C24H30IN3O/c1-4-5-6-7-8-9-14-27-24(29)21(17-26)16-20-15-18(2)28(19(20)3)23-12-10-22(25)11-13-23/h10-13,15-16H,4-9,14H2,1-3H3,(H,27,29)/b21-16+. The molecule has 29 heavy (non-hydrogen) atoms. The Hall–Kier alpha value is -2.07. The number of rotatable bonds is 10. The van der Waals surface area contributed by atoms with E-state index in [0.717, 1.165) is 35.5 Å². The molecule has 1 heterocycles. The number of nitrogens with one attached hydrogen (secondary N) is 1. The fourth-order valence-electron chi connectivity index (χ4n) is 3.43. The predicted octanol–water partition coefficient (Wildman–Crippen LogP) is 6.08. The molecule has 0 unspecified atom stereocenters. The summed E-state index contributed by atoms with van der Waals surface area (Å²) in [5.74, 6) is -0.292. The van der Waals surface area contributed by atoms with Crippen molar-refractivity contribution in [3.8, 4) is 11.8 Å². The van der Waals surface area contributed by atoms with E-state index >= 15 is 0 Å². The van der Waals surface area contributed by atoms with Crippen molar-refractivity contribution in [1.82, 2.24) is 9.88 Å². The third-order valence-corrected chi connectivity index (χ3v) is 5.76. The second-order valence-corrected chi connectivity index (χ2v) is 8.58. The van der Waals surface area contributed by atoms with Gasteiger partial charge < -0.3 is 9.88 Å². The Morgan fingerprint density at radius 3 is 2.45 bits per heavy atom. The summed E-state index contributed by atoms with van der Waals surface area (Å²) in [7, 11) is 0. The number of nitriles is 1. The number of carbonyl (C=O) groups excluding carboxylic acids is 1. The molecule has 0 radical (unpaired) electrons. The van der Waals surface area contributed by atoms with Gasteiger partial charge >= 0.3 is 0 Å². The van der Waals surface area contributed by atoms with E-state index in [1.165, 1.54) is 29.3 Å². The summed E-state index contributed by atoms with van der Waals surface area (Å²) < 4.78 is 3.33. The van der Waals surface area contributed by atoms with Crippen LogP contribution in [0.2, 0.25) is 0 Å². The van der Waals surface area contributed by atoms with Gasteiger partial charge in [-0.2, -0.15) is 5.26 Å². The number of nitrogens with zero attached hydrogens (tertiary/aromatic N) is 2. The van der Waals surface area contributed by atoms with Crippen LogP contribution in [0.3, 0.4) is 0 Å². The van der Waals surface area contributed by atoms with Gasteiger partial charge in [0.25, 0.3) is 5.91 Å². The first-order valence-electron chi connectivity index (χ1n) is 10.3. The summed E-state index contributed by atoms with van der Waals surface area (Å²) in [6, 6.07) is 12.4. The van der Waals surface area contributed by atoms with Crippen molar-refractivity contribution in [2.45, 2.75) is 59.3 Å². The van der Waals surface area contributed by atoms with Crippen molar-refractivity contribution in [1.29, 1.82) is 5.26 Å². The summed E-state index contributed by atoms with van der Waals surface area (Å²) >= 11 is 2.29. The number of hydrogen-bond donors (Lipinski definition) is 1. The molecule has 154 valence electrons. The molecule has 5 heteroatoms. The fourth-order valence-corrected chi connectivity index (χ4v) is 3.79. The van der Waals surface area contributed by atoms with Crippen LogP contribution in [0.4, 0.5) is 0 Å².